The van der Waals surface area contributed by atoms with Crippen molar-refractivity contribution < 1.29 is 9.18 Å². The minimum Gasteiger partial charge on any atom is -0.350 e. The van der Waals surface area contributed by atoms with Crippen LogP contribution in [0.4, 0.5) is 10.2 Å². The second-order valence-corrected chi connectivity index (χ2v) is 6.97. The number of hydrogen-bond donors (Lipinski definition) is 1. The average molecular weight is 393 g/mol. The number of aromatic nitrogens is 3. The first-order chi connectivity index (χ1) is 14.0. The zero-order valence-corrected chi connectivity index (χ0v) is 15.9. The third-order valence-electron chi connectivity index (χ3n) is 5.10. The Morgan fingerprint density at radius 3 is 2.76 bits per heavy atom. The fraction of sp³-hybridized carbons (Fsp3) is 0.238. The number of fused-ring (bicyclic) bond motifs is 1. The van der Waals surface area contributed by atoms with Crippen LogP contribution in [0.1, 0.15) is 6.92 Å². The number of nitrogens with zero attached hydrogens (tertiary/aromatic N) is 4. The standard InChI is InChI=1S/C21H20FN5O2/c1-3-18(28)26-10-11-27(13(2)12-26)20-15-8-9-17(14-6-4-5-7-16(14)22)23-19(15)24-21(29)25-20/h3-9,13H,1,10-12H2,2H3,(H,23,24,25,29)/t13-/m0/s1. The summed E-state index contributed by atoms with van der Waals surface area (Å²) in [5, 5.41) is 0.667. The van der Waals surface area contributed by atoms with Crippen molar-refractivity contribution in [3.05, 3.63) is 65.4 Å². The van der Waals surface area contributed by atoms with Crippen LogP contribution in [0.5, 0.6) is 0 Å². The third kappa shape index (κ3) is 3.49. The van der Waals surface area contributed by atoms with Gasteiger partial charge in [-0.1, -0.05) is 18.7 Å². The van der Waals surface area contributed by atoms with Crippen LogP contribution < -0.4 is 10.6 Å². The van der Waals surface area contributed by atoms with Gasteiger partial charge in [-0.3, -0.25) is 9.78 Å². The summed E-state index contributed by atoms with van der Waals surface area (Å²) in [5.41, 5.74) is 0.608. The Morgan fingerprint density at radius 1 is 1.24 bits per heavy atom. The second kappa shape index (κ2) is 7.46. The molecule has 1 atom stereocenters. The van der Waals surface area contributed by atoms with Gasteiger partial charge in [0.25, 0.3) is 0 Å². The summed E-state index contributed by atoms with van der Waals surface area (Å²) in [6.45, 7) is 7.04. The first-order valence-electron chi connectivity index (χ1n) is 9.32. The topological polar surface area (TPSA) is 82.2 Å². The molecule has 8 heteroatoms. The van der Waals surface area contributed by atoms with Gasteiger partial charge in [0, 0.05) is 31.2 Å². The van der Waals surface area contributed by atoms with Crippen molar-refractivity contribution in [3.8, 4) is 11.3 Å². The Balaban J connectivity index is 1.74. The van der Waals surface area contributed by atoms with E-state index in [0.717, 1.165) is 0 Å². The summed E-state index contributed by atoms with van der Waals surface area (Å²) in [6, 6.07) is 9.81. The van der Waals surface area contributed by atoms with Gasteiger partial charge in [0.1, 0.15) is 17.3 Å². The minimum atomic E-state index is -0.525. The van der Waals surface area contributed by atoms with Crippen molar-refractivity contribution in [2.75, 3.05) is 24.5 Å². The van der Waals surface area contributed by atoms with Crippen molar-refractivity contribution in [3.63, 3.8) is 0 Å². The van der Waals surface area contributed by atoms with E-state index < -0.39 is 5.69 Å². The molecule has 2 aromatic heterocycles. The van der Waals surface area contributed by atoms with Crippen molar-refractivity contribution >= 4 is 22.8 Å². The average Bonchev–Trinajstić information content (AvgIpc) is 2.72. The summed E-state index contributed by atoms with van der Waals surface area (Å²) < 4.78 is 14.1. The van der Waals surface area contributed by atoms with Gasteiger partial charge in [-0.15, -0.1) is 0 Å². The van der Waals surface area contributed by atoms with Gasteiger partial charge in [0.15, 0.2) is 0 Å². The van der Waals surface area contributed by atoms with E-state index in [9.17, 15) is 14.0 Å². The molecule has 1 fully saturated rings. The number of halogens is 1. The molecular formula is C21H20FN5O2. The Bertz CT molecular complexity index is 1160. The molecule has 3 heterocycles. The number of aromatic amines is 1. The van der Waals surface area contributed by atoms with Crippen LogP contribution in [-0.4, -0.2) is 51.4 Å². The lowest BCUT2D eigenvalue weighted by Gasteiger charge is -2.40. The molecule has 0 aliphatic carbocycles. The number of pyridine rings is 1. The van der Waals surface area contributed by atoms with E-state index >= 15 is 0 Å². The fourth-order valence-corrected chi connectivity index (χ4v) is 3.66. The van der Waals surface area contributed by atoms with Crippen LogP contribution in [0.3, 0.4) is 0 Å². The maximum absolute atomic E-state index is 14.1. The zero-order chi connectivity index (χ0) is 20.5. The predicted octanol–water partition coefficient (Wildman–Crippen LogP) is 2.35. The van der Waals surface area contributed by atoms with Crippen molar-refractivity contribution in [1.29, 1.82) is 0 Å². The molecule has 1 N–H and O–H groups in total. The smallest absolute Gasteiger partial charge is 0.348 e. The van der Waals surface area contributed by atoms with Gasteiger partial charge >= 0.3 is 5.69 Å². The molecular weight excluding hydrogens is 373 g/mol. The van der Waals surface area contributed by atoms with Crippen LogP contribution in [0, 0.1) is 5.82 Å². The van der Waals surface area contributed by atoms with Crippen LogP contribution in [0.15, 0.2) is 53.8 Å². The molecule has 1 saturated heterocycles. The van der Waals surface area contributed by atoms with Crippen molar-refractivity contribution in [2.45, 2.75) is 13.0 Å². The normalized spacial score (nSPS) is 16.8. The Kier molecular flexibility index (Phi) is 4.84. The van der Waals surface area contributed by atoms with Gasteiger partial charge in [-0.2, -0.15) is 4.98 Å². The quantitative estimate of drug-likeness (QED) is 0.691. The highest BCUT2D eigenvalue weighted by atomic mass is 19.1. The van der Waals surface area contributed by atoms with Crippen LogP contribution in [0.2, 0.25) is 0 Å². The Morgan fingerprint density at radius 2 is 2.03 bits per heavy atom. The lowest BCUT2D eigenvalue weighted by atomic mass is 10.1. The molecule has 1 aliphatic rings. The number of anilines is 1. The fourth-order valence-electron chi connectivity index (χ4n) is 3.66. The molecule has 7 nitrogen and oxygen atoms in total. The first-order valence-corrected chi connectivity index (χ1v) is 9.32. The van der Waals surface area contributed by atoms with E-state index in [0.29, 0.717) is 47.7 Å². The Hall–Kier alpha value is -3.55. The highest BCUT2D eigenvalue weighted by Gasteiger charge is 2.28. The van der Waals surface area contributed by atoms with E-state index in [4.69, 9.17) is 0 Å². The molecule has 1 aromatic carbocycles. The maximum Gasteiger partial charge on any atom is 0.348 e. The largest absolute Gasteiger partial charge is 0.350 e. The zero-order valence-electron chi connectivity index (χ0n) is 15.9. The number of piperazine rings is 1. The number of carbonyl (C=O) groups excluding carboxylic acids is 1. The van der Waals surface area contributed by atoms with Crippen LogP contribution in [-0.2, 0) is 4.79 Å². The minimum absolute atomic E-state index is 0.0450. The third-order valence-corrected chi connectivity index (χ3v) is 5.10. The molecule has 4 rings (SSSR count). The monoisotopic (exact) mass is 393 g/mol. The summed E-state index contributed by atoms with van der Waals surface area (Å²) in [6.07, 6.45) is 1.30. The molecule has 0 radical (unpaired) electrons. The van der Waals surface area contributed by atoms with Crippen molar-refractivity contribution in [1.82, 2.24) is 19.9 Å². The summed E-state index contributed by atoms with van der Waals surface area (Å²) >= 11 is 0. The number of H-pyrrole nitrogens is 1. The van der Waals surface area contributed by atoms with Crippen LogP contribution in [0.25, 0.3) is 22.3 Å². The molecule has 0 saturated carbocycles. The van der Waals surface area contributed by atoms with Gasteiger partial charge in [-0.05, 0) is 37.3 Å². The summed E-state index contributed by atoms with van der Waals surface area (Å²) in [5.74, 6) is 0.0126. The molecule has 3 aromatic rings. The SMILES string of the molecule is C=CC(=O)N1CCN(c2nc(=O)[nH]c3nc(-c4ccccc4F)ccc23)[C@@H](C)C1. The molecule has 1 aliphatic heterocycles. The van der Waals surface area contributed by atoms with Gasteiger partial charge in [-0.25, -0.2) is 14.2 Å². The van der Waals surface area contributed by atoms with Gasteiger partial charge in [0.05, 0.1) is 11.1 Å². The van der Waals surface area contributed by atoms with E-state index in [1.54, 1.807) is 35.2 Å². The number of rotatable bonds is 3. The highest BCUT2D eigenvalue weighted by molar-refractivity contribution is 5.89. The maximum atomic E-state index is 14.1. The summed E-state index contributed by atoms with van der Waals surface area (Å²) in [7, 11) is 0. The molecule has 0 spiro atoms. The number of hydrogen-bond acceptors (Lipinski definition) is 5. The van der Waals surface area contributed by atoms with Gasteiger partial charge in [0.2, 0.25) is 5.91 Å². The first kappa shape index (κ1) is 18.8. The number of nitrogens with one attached hydrogen (secondary N) is 1. The van der Waals surface area contributed by atoms with E-state index in [2.05, 4.69) is 21.5 Å². The molecule has 1 amide bonds. The number of benzene rings is 1. The van der Waals surface area contributed by atoms with Crippen LogP contribution >= 0.6 is 0 Å². The van der Waals surface area contributed by atoms with Crippen molar-refractivity contribution in [2.24, 2.45) is 0 Å². The lowest BCUT2D eigenvalue weighted by molar-refractivity contribution is -0.126. The molecule has 148 valence electrons. The van der Waals surface area contributed by atoms with E-state index in [-0.39, 0.29) is 17.8 Å². The second-order valence-electron chi connectivity index (χ2n) is 6.97. The van der Waals surface area contributed by atoms with Gasteiger partial charge < -0.3 is 9.80 Å². The number of carbonyl (C=O) groups is 1. The van der Waals surface area contributed by atoms with E-state index in [1.165, 1.54) is 12.1 Å². The molecule has 0 bridgehead atoms. The summed E-state index contributed by atoms with van der Waals surface area (Å²) in [4.78, 5) is 39.1. The number of amides is 1. The molecule has 29 heavy (non-hydrogen) atoms. The van der Waals surface area contributed by atoms with E-state index in [1.807, 2.05) is 11.8 Å². The highest BCUT2D eigenvalue weighted by Crippen LogP contribution is 2.28. The predicted molar refractivity (Wildman–Crippen MR) is 109 cm³/mol. The Labute approximate surface area is 166 Å². The molecule has 0 unspecified atom stereocenters. The lowest BCUT2D eigenvalue weighted by Crippen LogP contribution is -2.54.